The Balaban J connectivity index is 1.58. The minimum Gasteiger partial charge on any atom is -0.493 e. The van der Waals surface area contributed by atoms with E-state index in [1.165, 1.54) is 0 Å². The Morgan fingerprint density at radius 2 is 1.94 bits per heavy atom. The molecule has 0 fully saturated rings. The van der Waals surface area contributed by atoms with Gasteiger partial charge in [-0.1, -0.05) is 30.7 Å². The number of aryl methyl sites for hydroxylation is 3. The molecule has 0 aliphatic carbocycles. The lowest BCUT2D eigenvalue weighted by Gasteiger charge is -2.18. The Bertz CT molecular complexity index is 1030. The fourth-order valence-electron chi connectivity index (χ4n) is 3.59. The molecule has 1 atom stereocenters. The molecule has 3 aromatic rings. The number of ether oxygens (including phenoxy) is 2. The van der Waals surface area contributed by atoms with Crippen molar-refractivity contribution in [2.45, 2.75) is 52.6 Å². The highest BCUT2D eigenvalue weighted by Crippen LogP contribution is 2.30. The molecule has 3 rings (SSSR count). The summed E-state index contributed by atoms with van der Waals surface area (Å²) >= 11 is 0. The van der Waals surface area contributed by atoms with Crippen LogP contribution in [0.15, 0.2) is 60.8 Å². The van der Waals surface area contributed by atoms with Crippen molar-refractivity contribution in [1.82, 2.24) is 4.98 Å². The van der Waals surface area contributed by atoms with Crippen LogP contribution in [0.4, 0.5) is 0 Å². The Hall–Kier alpha value is -3.34. The predicted molar refractivity (Wildman–Crippen MR) is 126 cm³/mol. The SMILES string of the molecule is CCc1cc(OCC[C@@H](C)Oc2ccc(C)cc2-c2ccccn2)ccc1CCC(=O)O. The number of pyridine rings is 1. The van der Waals surface area contributed by atoms with Crippen LogP contribution in [0.25, 0.3) is 11.3 Å². The first-order chi connectivity index (χ1) is 15.5. The molecular weight excluding hydrogens is 402 g/mol. The van der Waals surface area contributed by atoms with Crippen molar-refractivity contribution in [1.29, 1.82) is 0 Å². The monoisotopic (exact) mass is 433 g/mol. The summed E-state index contributed by atoms with van der Waals surface area (Å²) in [6, 6.07) is 17.9. The van der Waals surface area contributed by atoms with Crippen molar-refractivity contribution in [3.8, 4) is 22.8 Å². The minimum absolute atomic E-state index is 0.0272. The summed E-state index contributed by atoms with van der Waals surface area (Å²) in [5.74, 6) is 0.844. The lowest BCUT2D eigenvalue weighted by molar-refractivity contribution is -0.136. The van der Waals surface area contributed by atoms with E-state index in [2.05, 4.69) is 24.9 Å². The maximum atomic E-state index is 10.9. The van der Waals surface area contributed by atoms with E-state index in [4.69, 9.17) is 14.6 Å². The zero-order chi connectivity index (χ0) is 22.9. The number of aromatic nitrogens is 1. The Labute approximate surface area is 190 Å². The van der Waals surface area contributed by atoms with Crippen molar-refractivity contribution in [3.63, 3.8) is 0 Å². The van der Waals surface area contributed by atoms with Gasteiger partial charge in [-0.05, 0) is 74.2 Å². The molecule has 0 saturated heterocycles. The molecule has 5 nitrogen and oxygen atoms in total. The molecule has 5 heteroatoms. The molecule has 2 aromatic carbocycles. The van der Waals surface area contributed by atoms with Gasteiger partial charge in [-0.25, -0.2) is 0 Å². The van der Waals surface area contributed by atoms with E-state index in [9.17, 15) is 4.79 Å². The van der Waals surface area contributed by atoms with E-state index in [1.54, 1.807) is 6.20 Å². The molecule has 168 valence electrons. The maximum Gasteiger partial charge on any atom is 0.303 e. The third-order valence-corrected chi connectivity index (χ3v) is 5.36. The van der Waals surface area contributed by atoms with Crippen molar-refractivity contribution < 1.29 is 19.4 Å². The standard InChI is InChI=1S/C27H31NO4/c1-4-21-18-23(11-9-22(21)10-13-27(29)30)31-16-14-20(3)32-26-12-8-19(2)17-24(26)25-7-5-6-15-28-25/h5-9,11-12,15,17-18,20H,4,10,13-14,16H2,1-3H3,(H,29,30)/t20-/m1/s1. The van der Waals surface area contributed by atoms with Crippen LogP contribution in [-0.2, 0) is 17.6 Å². The van der Waals surface area contributed by atoms with Crippen LogP contribution in [0.2, 0.25) is 0 Å². The number of benzene rings is 2. The molecule has 1 aromatic heterocycles. The summed E-state index contributed by atoms with van der Waals surface area (Å²) in [6.45, 7) is 6.70. The highest BCUT2D eigenvalue weighted by molar-refractivity contribution is 5.68. The zero-order valence-electron chi connectivity index (χ0n) is 19.0. The summed E-state index contributed by atoms with van der Waals surface area (Å²) in [7, 11) is 0. The van der Waals surface area contributed by atoms with Gasteiger partial charge in [-0.3, -0.25) is 9.78 Å². The van der Waals surface area contributed by atoms with Crippen molar-refractivity contribution in [2.75, 3.05) is 6.61 Å². The van der Waals surface area contributed by atoms with Crippen LogP contribution < -0.4 is 9.47 Å². The molecule has 1 N–H and O–H groups in total. The fraction of sp³-hybridized carbons (Fsp3) is 0.333. The highest BCUT2D eigenvalue weighted by Gasteiger charge is 2.12. The van der Waals surface area contributed by atoms with E-state index in [-0.39, 0.29) is 12.5 Å². The van der Waals surface area contributed by atoms with Gasteiger partial charge in [0.25, 0.3) is 0 Å². The number of hydrogen-bond acceptors (Lipinski definition) is 4. The van der Waals surface area contributed by atoms with Gasteiger partial charge in [0.05, 0.1) is 18.4 Å². The summed E-state index contributed by atoms with van der Waals surface area (Å²) in [4.78, 5) is 15.3. The Morgan fingerprint density at radius 1 is 1.09 bits per heavy atom. The lowest BCUT2D eigenvalue weighted by Crippen LogP contribution is -2.16. The predicted octanol–water partition coefficient (Wildman–Crippen LogP) is 5.87. The number of aliphatic carboxylic acids is 1. The second-order valence-corrected chi connectivity index (χ2v) is 7.96. The van der Waals surface area contributed by atoms with Crippen LogP contribution in [-0.4, -0.2) is 28.8 Å². The van der Waals surface area contributed by atoms with Crippen molar-refractivity contribution in [3.05, 3.63) is 77.5 Å². The number of nitrogens with zero attached hydrogens (tertiary/aromatic N) is 1. The van der Waals surface area contributed by atoms with Gasteiger partial charge in [0.1, 0.15) is 11.5 Å². The molecule has 1 heterocycles. The normalized spacial score (nSPS) is 11.7. The highest BCUT2D eigenvalue weighted by atomic mass is 16.5. The second kappa shape index (κ2) is 11.3. The summed E-state index contributed by atoms with van der Waals surface area (Å²) in [5, 5.41) is 8.92. The molecule has 0 amide bonds. The summed E-state index contributed by atoms with van der Waals surface area (Å²) in [6.07, 6.45) is 4.02. The van der Waals surface area contributed by atoms with E-state index in [1.807, 2.05) is 55.5 Å². The number of carboxylic acid groups (broad SMARTS) is 1. The Kier molecular flexibility index (Phi) is 8.26. The van der Waals surface area contributed by atoms with Crippen LogP contribution in [0.1, 0.15) is 43.4 Å². The van der Waals surface area contributed by atoms with Gasteiger partial charge in [0, 0.05) is 24.6 Å². The topological polar surface area (TPSA) is 68.7 Å². The van der Waals surface area contributed by atoms with Gasteiger partial charge in [-0.15, -0.1) is 0 Å². The number of rotatable bonds is 11. The Morgan fingerprint density at radius 3 is 2.66 bits per heavy atom. The number of hydrogen-bond donors (Lipinski definition) is 1. The first kappa shape index (κ1) is 23.3. The number of carboxylic acids is 1. The van der Waals surface area contributed by atoms with E-state index < -0.39 is 5.97 Å². The third kappa shape index (κ3) is 6.58. The quantitative estimate of drug-likeness (QED) is 0.409. The third-order valence-electron chi connectivity index (χ3n) is 5.36. The number of carbonyl (C=O) groups is 1. The minimum atomic E-state index is -0.777. The average Bonchev–Trinajstić information content (AvgIpc) is 2.79. The van der Waals surface area contributed by atoms with E-state index in [0.29, 0.717) is 13.0 Å². The van der Waals surface area contributed by atoms with Crippen molar-refractivity contribution in [2.24, 2.45) is 0 Å². The molecule has 0 aliphatic heterocycles. The van der Waals surface area contributed by atoms with Crippen LogP contribution in [0.5, 0.6) is 11.5 Å². The van der Waals surface area contributed by atoms with Gasteiger partial charge in [0.15, 0.2) is 0 Å². The molecule has 0 radical (unpaired) electrons. The fourth-order valence-corrected chi connectivity index (χ4v) is 3.59. The maximum absolute atomic E-state index is 10.9. The molecule has 0 spiro atoms. The van der Waals surface area contributed by atoms with Crippen LogP contribution in [0.3, 0.4) is 0 Å². The van der Waals surface area contributed by atoms with Gasteiger partial charge >= 0.3 is 5.97 Å². The van der Waals surface area contributed by atoms with Gasteiger partial charge in [0.2, 0.25) is 0 Å². The first-order valence-corrected chi connectivity index (χ1v) is 11.1. The van der Waals surface area contributed by atoms with Gasteiger partial charge in [-0.2, -0.15) is 0 Å². The zero-order valence-corrected chi connectivity index (χ0v) is 19.0. The second-order valence-electron chi connectivity index (χ2n) is 7.96. The van der Waals surface area contributed by atoms with Gasteiger partial charge < -0.3 is 14.6 Å². The lowest BCUT2D eigenvalue weighted by atomic mass is 10.0. The molecule has 0 bridgehead atoms. The summed E-state index contributed by atoms with van der Waals surface area (Å²) in [5.41, 5.74) is 5.24. The molecule has 0 aliphatic rings. The van der Waals surface area contributed by atoms with E-state index in [0.717, 1.165) is 52.3 Å². The molecule has 0 unspecified atom stereocenters. The molecule has 0 saturated carbocycles. The summed E-state index contributed by atoms with van der Waals surface area (Å²) < 4.78 is 12.2. The molecular formula is C27H31NO4. The van der Waals surface area contributed by atoms with Crippen molar-refractivity contribution >= 4 is 5.97 Å². The smallest absolute Gasteiger partial charge is 0.303 e. The molecule has 32 heavy (non-hydrogen) atoms. The van der Waals surface area contributed by atoms with E-state index >= 15 is 0 Å². The average molecular weight is 434 g/mol. The first-order valence-electron chi connectivity index (χ1n) is 11.1. The van der Waals surface area contributed by atoms with Crippen LogP contribution in [0, 0.1) is 6.92 Å². The largest absolute Gasteiger partial charge is 0.493 e. The van der Waals surface area contributed by atoms with Crippen LogP contribution >= 0.6 is 0 Å².